The number of hydrogen-bond donors (Lipinski definition) is 11. The molecule has 0 amide bonds. The van der Waals surface area contributed by atoms with Crippen LogP contribution in [0.15, 0.2) is 85.1 Å². The van der Waals surface area contributed by atoms with Crippen LogP contribution in [0.4, 0.5) is 0 Å². The van der Waals surface area contributed by atoms with Gasteiger partial charge in [0, 0.05) is 31.6 Å². The highest BCUT2D eigenvalue weighted by Gasteiger charge is 2.36. The molecule has 0 aromatic heterocycles. The van der Waals surface area contributed by atoms with E-state index in [0.717, 1.165) is 0 Å². The largest absolute Gasteiger partial charge is 0.481 e. The van der Waals surface area contributed by atoms with Crippen LogP contribution in [0.2, 0.25) is 0 Å². The maximum Gasteiger partial charge on any atom is 0.308 e. The van der Waals surface area contributed by atoms with Crippen molar-refractivity contribution in [3.63, 3.8) is 0 Å². The quantitative estimate of drug-likeness (QED) is 0.143. The average molecular weight is 867 g/mol. The molecule has 16 heteroatoms. The van der Waals surface area contributed by atoms with Crippen LogP contribution in [0.5, 0.6) is 0 Å². The smallest absolute Gasteiger partial charge is 0.308 e. The minimum absolute atomic E-state index is 0.0246. The van der Waals surface area contributed by atoms with E-state index < -0.39 is 117 Å². The zero-order chi connectivity index (χ0) is 45.4. The molecule has 1 saturated heterocycles. The van der Waals surface area contributed by atoms with Crippen LogP contribution in [-0.4, -0.2) is 148 Å². The number of allylic oxidation sites excluding steroid dienone is 12. The monoisotopic (exact) mass is 866 g/mol. The molecular weight excluding hydrogens is 796 g/mol. The van der Waals surface area contributed by atoms with Gasteiger partial charge < -0.3 is 70.4 Å². The number of esters is 1. The van der Waals surface area contributed by atoms with Gasteiger partial charge in [-0.1, -0.05) is 92.0 Å². The second kappa shape index (κ2) is 29.1. The van der Waals surface area contributed by atoms with Gasteiger partial charge in [0.25, 0.3) is 0 Å². The molecule has 0 aromatic rings. The molecule has 1 fully saturated rings. The molecule has 61 heavy (non-hydrogen) atoms. The minimum Gasteiger partial charge on any atom is -0.481 e. The molecule has 2 aliphatic rings. The summed E-state index contributed by atoms with van der Waals surface area (Å²) >= 11 is 0. The Morgan fingerprint density at radius 3 is 1.89 bits per heavy atom. The summed E-state index contributed by atoms with van der Waals surface area (Å²) in [7, 11) is 0. The van der Waals surface area contributed by atoms with Gasteiger partial charge >= 0.3 is 11.9 Å². The van der Waals surface area contributed by atoms with Crippen LogP contribution < -0.4 is 0 Å². The van der Waals surface area contributed by atoms with Crippen molar-refractivity contribution in [1.82, 2.24) is 0 Å². The van der Waals surface area contributed by atoms with E-state index in [1.54, 1.807) is 68.5 Å². The predicted octanol–water partition coefficient (Wildman–Crippen LogP) is 2.15. The molecule has 11 N–H and O–H groups in total. The molecule has 0 bridgehead atoms. The number of aliphatic hydroxyl groups excluding tert-OH is 8. The fourth-order valence-corrected chi connectivity index (χ4v) is 6.62. The van der Waals surface area contributed by atoms with Crippen molar-refractivity contribution in [2.75, 3.05) is 6.61 Å². The third-order valence-corrected chi connectivity index (χ3v) is 10.5. The Labute approximate surface area is 358 Å². The van der Waals surface area contributed by atoms with Gasteiger partial charge in [-0.15, -0.1) is 0 Å². The van der Waals surface area contributed by atoms with E-state index in [2.05, 4.69) is 0 Å². The first kappa shape index (κ1) is 53.8. The van der Waals surface area contributed by atoms with Crippen LogP contribution in [0.3, 0.4) is 0 Å². The highest BCUT2D eigenvalue weighted by Crippen LogP contribution is 2.28. The number of rotatable bonds is 3. The van der Waals surface area contributed by atoms with Crippen LogP contribution in [-0.2, 0) is 23.8 Å². The molecule has 0 saturated carbocycles. The van der Waals surface area contributed by atoms with Gasteiger partial charge in [-0.2, -0.15) is 0 Å². The van der Waals surface area contributed by atoms with Crippen molar-refractivity contribution in [3.8, 4) is 0 Å². The summed E-state index contributed by atoms with van der Waals surface area (Å²) in [5.74, 6) is -5.90. The van der Waals surface area contributed by atoms with Crippen molar-refractivity contribution < 1.29 is 80.0 Å². The molecule has 346 valence electrons. The Hall–Kier alpha value is -3.36. The molecule has 0 aromatic carbocycles. The normalized spacial score (nSPS) is 39.5. The molecule has 2 aliphatic heterocycles. The van der Waals surface area contributed by atoms with Gasteiger partial charge in [-0.25, -0.2) is 0 Å². The second-order valence-corrected chi connectivity index (χ2v) is 16.1. The Balaban J connectivity index is 2.18. The lowest BCUT2D eigenvalue weighted by Crippen LogP contribution is -2.48. The third-order valence-electron chi connectivity index (χ3n) is 10.5. The lowest BCUT2D eigenvalue weighted by atomic mass is 9.90. The number of carboxylic acid groups (broad SMARTS) is 1. The SMILES string of the molecule is CC1OC(O[C@H]2/C=C/C=C/C=C/C=C/C=C/C=C/C=C/C[C@@H](O)C(C)COC(=O)C[C@H](O)C[C@H](O)CC[C@@H](O)[C@H](O)C[C@H](O)CC(O)(O)CC[C@@H](C(=O)O)CC2)C(O)CC1O. The maximum atomic E-state index is 12.3. The number of aliphatic carboxylic acids is 1. The van der Waals surface area contributed by atoms with Crippen LogP contribution in [0, 0.1) is 11.8 Å². The number of aliphatic hydroxyl groups is 10. The van der Waals surface area contributed by atoms with Crippen LogP contribution >= 0.6 is 0 Å². The van der Waals surface area contributed by atoms with Gasteiger partial charge in [0.1, 0.15) is 6.10 Å². The summed E-state index contributed by atoms with van der Waals surface area (Å²) in [5.41, 5.74) is 0. The van der Waals surface area contributed by atoms with E-state index in [0.29, 0.717) is 6.42 Å². The second-order valence-electron chi connectivity index (χ2n) is 16.1. The van der Waals surface area contributed by atoms with Crippen molar-refractivity contribution >= 4 is 11.9 Å². The topological polar surface area (TPSA) is 284 Å². The molecule has 2 heterocycles. The molecule has 0 spiro atoms. The van der Waals surface area contributed by atoms with Crippen molar-refractivity contribution in [3.05, 3.63) is 85.1 Å². The van der Waals surface area contributed by atoms with Crippen molar-refractivity contribution in [1.29, 1.82) is 0 Å². The fraction of sp³-hybridized carbons (Fsp3) is 0.644. The number of cyclic esters (lactones) is 1. The van der Waals surface area contributed by atoms with E-state index in [1.165, 1.54) is 0 Å². The number of carbonyl (C=O) groups is 2. The molecule has 0 aliphatic carbocycles. The Morgan fingerprint density at radius 1 is 0.656 bits per heavy atom. The van der Waals surface area contributed by atoms with E-state index in [1.807, 2.05) is 30.4 Å². The molecule has 5 unspecified atom stereocenters. The first-order valence-corrected chi connectivity index (χ1v) is 21.1. The summed E-state index contributed by atoms with van der Waals surface area (Å²) in [6.45, 7) is 3.28. The van der Waals surface area contributed by atoms with Crippen molar-refractivity contribution in [2.24, 2.45) is 11.8 Å². The Bertz CT molecular complexity index is 1470. The third kappa shape index (κ3) is 23.6. The maximum absolute atomic E-state index is 12.3. The van der Waals surface area contributed by atoms with Crippen molar-refractivity contribution in [2.45, 2.75) is 164 Å². The highest BCUT2D eigenvalue weighted by molar-refractivity contribution is 5.70. The number of hydrogen-bond acceptors (Lipinski definition) is 15. The lowest BCUT2D eigenvalue weighted by molar-refractivity contribution is -0.270. The Morgan fingerprint density at radius 2 is 1.26 bits per heavy atom. The standard InChI is InChI=1S/C45H70O16/c1-30-29-59-42(54)26-34(47)24-33(46)19-21-38(50)40(52)25-35(48)28-45(57,58)23-22-32(43(55)56)18-20-36(61-44-41(53)27-39(51)31(2)60-44)16-14-12-10-8-6-4-3-5-7-9-11-13-15-17-37(30)49/h3-16,30-41,44,46-53,57-58H,17-29H2,1-2H3,(H,55,56)/b4-3+,7-5+,8-6+,11-9+,12-10+,15-13+,16-14+/t30?,31?,32-,33+,34+,35-,36-,37+,38+,39?,40+,41?,44?/m0/s1. The van der Waals surface area contributed by atoms with Gasteiger partial charge in [0.2, 0.25) is 0 Å². The van der Waals surface area contributed by atoms with Gasteiger partial charge in [0.05, 0.1) is 73.9 Å². The fourth-order valence-electron chi connectivity index (χ4n) is 6.62. The van der Waals surface area contributed by atoms with Crippen LogP contribution in [0.1, 0.15) is 90.9 Å². The molecular formula is C45H70O16. The average Bonchev–Trinajstić information content (AvgIpc) is 3.18. The zero-order valence-electron chi connectivity index (χ0n) is 35.2. The Kier molecular flexibility index (Phi) is 25.6. The van der Waals surface area contributed by atoms with E-state index in [4.69, 9.17) is 14.2 Å². The number of carboxylic acids is 1. The molecule has 16 nitrogen and oxygen atoms in total. The summed E-state index contributed by atoms with van der Waals surface area (Å²) in [6, 6.07) is 0. The summed E-state index contributed by atoms with van der Waals surface area (Å²) in [6.07, 6.45) is 10.6. The summed E-state index contributed by atoms with van der Waals surface area (Å²) in [5, 5.41) is 114. The van der Waals surface area contributed by atoms with E-state index in [-0.39, 0.29) is 57.5 Å². The highest BCUT2D eigenvalue weighted by atomic mass is 16.7. The van der Waals surface area contributed by atoms with Gasteiger partial charge in [-0.05, 0) is 51.9 Å². The summed E-state index contributed by atoms with van der Waals surface area (Å²) in [4.78, 5) is 24.5. The molecule has 0 radical (unpaired) electrons. The number of carbonyl (C=O) groups excluding carboxylic acids is 1. The number of ether oxygens (including phenoxy) is 3. The van der Waals surface area contributed by atoms with E-state index >= 15 is 0 Å². The van der Waals surface area contributed by atoms with Gasteiger partial charge in [0.15, 0.2) is 12.1 Å². The van der Waals surface area contributed by atoms with E-state index in [9.17, 15) is 65.8 Å². The summed E-state index contributed by atoms with van der Waals surface area (Å²) < 4.78 is 16.9. The lowest BCUT2D eigenvalue weighted by Gasteiger charge is -2.36. The molecule has 13 atom stereocenters. The first-order valence-electron chi connectivity index (χ1n) is 21.1. The van der Waals surface area contributed by atoms with Crippen LogP contribution in [0.25, 0.3) is 0 Å². The zero-order valence-corrected chi connectivity index (χ0v) is 35.2. The molecule has 2 rings (SSSR count). The van der Waals surface area contributed by atoms with Gasteiger partial charge in [-0.3, -0.25) is 9.59 Å². The minimum atomic E-state index is -2.53. The first-order chi connectivity index (χ1) is 28.9. The predicted molar refractivity (Wildman–Crippen MR) is 225 cm³/mol.